The van der Waals surface area contributed by atoms with Crippen LogP contribution in [-0.2, 0) is 11.2 Å². The molecule has 1 aliphatic rings. The molecule has 0 spiro atoms. The fourth-order valence-corrected chi connectivity index (χ4v) is 2.31. The molecule has 0 aliphatic carbocycles. The van der Waals surface area contributed by atoms with Crippen molar-refractivity contribution in [2.24, 2.45) is 5.73 Å². The minimum Gasteiger partial charge on any atom is -0.496 e. The molecule has 1 fully saturated rings. The van der Waals surface area contributed by atoms with Gasteiger partial charge in [0, 0.05) is 18.6 Å². The molecule has 4 heteroatoms. The Morgan fingerprint density at radius 3 is 2.94 bits per heavy atom. The maximum atomic E-state index is 11.2. The first kappa shape index (κ1) is 12.9. The van der Waals surface area contributed by atoms with Gasteiger partial charge in [0.05, 0.1) is 13.2 Å². The highest BCUT2D eigenvalue weighted by molar-refractivity contribution is 5.93. The fraction of sp³-hybridized carbons (Fsp3) is 0.500. The van der Waals surface area contributed by atoms with Gasteiger partial charge in [-0.2, -0.15) is 0 Å². The second-order valence-corrected chi connectivity index (χ2v) is 4.58. The van der Waals surface area contributed by atoms with Crippen LogP contribution in [0.2, 0.25) is 0 Å². The van der Waals surface area contributed by atoms with Gasteiger partial charge < -0.3 is 15.2 Å². The molecule has 98 valence electrons. The number of primary amides is 1. The minimum atomic E-state index is -0.413. The van der Waals surface area contributed by atoms with E-state index in [1.807, 2.05) is 0 Å². The summed E-state index contributed by atoms with van der Waals surface area (Å²) < 4.78 is 11.0. The molecule has 1 aromatic carbocycles. The second kappa shape index (κ2) is 5.87. The van der Waals surface area contributed by atoms with Crippen molar-refractivity contribution in [3.8, 4) is 5.75 Å². The van der Waals surface area contributed by atoms with Crippen LogP contribution in [0, 0.1) is 0 Å². The predicted octanol–water partition coefficient (Wildman–Crippen LogP) is 1.91. The number of rotatable bonds is 4. The molecule has 4 nitrogen and oxygen atoms in total. The Morgan fingerprint density at radius 2 is 2.33 bits per heavy atom. The number of nitrogens with two attached hydrogens (primary N) is 1. The van der Waals surface area contributed by atoms with Gasteiger partial charge in [-0.3, -0.25) is 4.79 Å². The van der Waals surface area contributed by atoms with Crippen LogP contribution in [0.25, 0.3) is 0 Å². The van der Waals surface area contributed by atoms with Crippen molar-refractivity contribution >= 4 is 5.91 Å². The quantitative estimate of drug-likeness (QED) is 0.886. The summed E-state index contributed by atoms with van der Waals surface area (Å²) in [6.07, 6.45) is 4.38. The van der Waals surface area contributed by atoms with E-state index in [4.69, 9.17) is 15.2 Å². The number of benzene rings is 1. The number of carbonyl (C=O) groups is 1. The lowest BCUT2D eigenvalue weighted by atomic mass is 9.99. The maximum Gasteiger partial charge on any atom is 0.248 e. The van der Waals surface area contributed by atoms with Crippen molar-refractivity contribution in [3.63, 3.8) is 0 Å². The summed E-state index contributed by atoms with van der Waals surface area (Å²) >= 11 is 0. The van der Waals surface area contributed by atoms with Crippen molar-refractivity contribution < 1.29 is 14.3 Å². The smallest absolute Gasteiger partial charge is 0.248 e. The van der Waals surface area contributed by atoms with E-state index in [-0.39, 0.29) is 6.10 Å². The molecule has 0 aromatic heterocycles. The summed E-state index contributed by atoms with van der Waals surface area (Å²) in [6.45, 7) is 0.822. The van der Waals surface area contributed by atoms with E-state index in [0.717, 1.165) is 37.2 Å². The van der Waals surface area contributed by atoms with Gasteiger partial charge in [-0.1, -0.05) is 0 Å². The van der Waals surface area contributed by atoms with E-state index >= 15 is 0 Å². The van der Waals surface area contributed by atoms with Crippen LogP contribution in [0.15, 0.2) is 18.2 Å². The van der Waals surface area contributed by atoms with Gasteiger partial charge in [-0.25, -0.2) is 0 Å². The standard InChI is InChI=1S/C14H19NO3/c1-17-13-6-5-10(14(15)16)8-11(13)9-12-4-2-3-7-18-12/h5-6,8,12H,2-4,7,9H2,1H3,(H2,15,16). The van der Waals surface area contributed by atoms with E-state index in [9.17, 15) is 4.79 Å². The zero-order valence-electron chi connectivity index (χ0n) is 10.6. The van der Waals surface area contributed by atoms with Gasteiger partial charge >= 0.3 is 0 Å². The molecular formula is C14H19NO3. The highest BCUT2D eigenvalue weighted by atomic mass is 16.5. The van der Waals surface area contributed by atoms with Crippen LogP contribution >= 0.6 is 0 Å². The molecule has 1 amide bonds. The second-order valence-electron chi connectivity index (χ2n) is 4.58. The van der Waals surface area contributed by atoms with Crippen molar-refractivity contribution in [2.45, 2.75) is 31.8 Å². The van der Waals surface area contributed by atoms with E-state index in [1.165, 1.54) is 6.42 Å². The lowest BCUT2D eigenvalue weighted by Crippen LogP contribution is -2.22. The summed E-state index contributed by atoms with van der Waals surface area (Å²) in [4.78, 5) is 11.2. The number of carbonyl (C=O) groups excluding carboxylic acids is 1. The van der Waals surface area contributed by atoms with Crippen LogP contribution in [-0.4, -0.2) is 25.7 Å². The highest BCUT2D eigenvalue weighted by Crippen LogP contribution is 2.25. The SMILES string of the molecule is COc1ccc(C(N)=O)cc1CC1CCCCO1. The summed E-state index contributed by atoms with van der Waals surface area (Å²) in [5.74, 6) is 0.373. The van der Waals surface area contributed by atoms with Gasteiger partial charge in [0.15, 0.2) is 0 Å². The highest BCUT2D eigenvalue weighted by Gasteiger charge is 2.17. The van der Waals surface area contributed by atoms with Crippen molar-refractivity contribution in [2.75, 3.05) is 13.7 Å². The van der Waals surface area contributed by atoms with Crippen LogP contribution in [0.3, 0.4) is 0 Å². The topological polar surface area (TPSA) is 61.5 Å². The molecule has 1 saturated heterocycles. The lowest BCUT2D eigenvalue weighted by molar-refractivity contribution is 0.0165. The Labute approximate surface area is 107 Å². The van der Waals surface area contributed by atoms with Gasteiger partial charge in [-0.15, -0.1) is 0 Å². The largest absolute Gasteiger partial charge is 0.496 e. The zero-order valence-corrected chi connectivity index (χ0v) is 10.6. The fourth-order valence-electron chi connectivity index (χ4n) is 2.31. The third-order valence-electron chi connectivity index (χ3n) is 3.29. The average molecular weight is 249 g/mol. The van der Waals surface area contributed by atoms with Crippen molar-refractivity contribution in [3.05, 3.63) is 29.3 Å². The molecule has 1 atom stereocenters. The number of hydrogen-bond donors (Lipinski definition) is 1. The minimum absolute atomic E-state index is 0.218. The first-order chi connectivity index (χ1) is 8.70. The average Bonchev–Trinajstić information content (AvgIpc) is 2.39. The summed E-state index contributed by atoms with van der Waals surface area (Å²) in [5.41, 5.74) is 6.80. The Bertz CT molecular complexity index is 425. The van der Waals surface area contributed by atoms with E-state index < -0.39 is 5.91 Å². The number of methoxy groups -OCH3 is 1. The molecule has 0 radical (unpaired) electrons. The van der Waals surface area contributed by atoms with Gasteiger partial charge in [0.1, 0.15) is 5.75 Å². The van der Waals surface area contributed by atoms with E-state index in [2.05, 4.69) is 0 Å². The first-order valence-corrected chi connectivity index (χ1v) is 6.29. The molecule has 18 heavy (non-hydrogen) atoms. The summed E-state index contributed by atoms with van der Waals surface area (Å²) in [7, 11) is 1.63. The van der Waals surface area contributed by atoms with Crippen LogP contribution in [0.5, 0.6) is 5.75 Å². The molecule has 0 bridgehead atoms. The zero-order chi connectivity index (χ0) is 13.0. The molecule has 0 saturated carbocycles. The normalized spacial score (nSPS) is 19.5. The Kier molecular flexibility index (Phi) is 4.20. The first-order valence-electron chi connectivity index (χ1n) is 6.29. The number of amides is 1. The monoisotopic (exact) mass is 249 g/mol. The molecule has 2 rings (SSSR count). The Balaban J connectivity index is 2.17. The Morgan fingerprint density at radius 1 is 1.50 bits per heavy atom. The van der Waals surface area contributed by atoms with Crippen LogP contribution in [0.1, 0.15) is 35.2 Å². The number of ether oxygens (including phenoxy) is 2. The van der Waals surface area contributed by atoms with E-state index in [0.29, 0.717) is 5.56 Å². The molecule has 1 heterocycles. The third-order valence-corrected chi connectivity index (χ3v) is 3.29. The van der Waals surface area contributed by atoms with Gasteiger partial charge in [0.25, 0.3) is 0 Å². The van der Waals surface area contributed by atoms with Crippen molar-refractivity contribution in [1.82, 2.24) is 0 Å². The Hall–Kier alpha value is -1.55. The molecule has 1 aromatic rings. The lowest BCUT2D eigenvalue weighted by Gasteiger charge is -2.23. The van der Waals surface area contributed by atoms with Gasteiger partial charge in [-0.05, 0) is 43.0 Å². The number of hydrogen-bond acceptors (Lipinski definition) is 3. The molecular weight excluding hydrogens is 230 g/mol. The third kappa shape index (κ3) is 3.01. The van der Waals surface area contributed by atoms with Gasteiger partial charge in [0.2, 0.25) is 5.91 Å². The summed E-state index contributed by atoms with van der Waals surface area (Å²) in [6, 6.07) is 5.28. The van der Waals surface area contributed by atoms with E-state index in [1.54, 1.807) is 25.3 Å². The molecule has 1 aliphatic heterocycles. The molecule has 2 N–H and O–H groups in total. The van der Waals surface area contributed by atoms with Crippen LogP contribution < -0.4 is 10.5 Å². The molecule has 1 unspecified atom stereocenters. The summed E-state index contributed by atoms with van der Waals surface area (Å²) in [5, 5.41) is 0. The van der Waals surface area contributed by atoms with Crippen LogP contribution in [0.4, 0.5) is 0 Å². The maximum absolute atomic E-state index is 11.2. The van der Waals surface area contributed by atoms with Crippen molar-refractivity contribution in [1.29, 1.82) is 0 Å². The predicted molar refractivity (Wildman–Crippen MR) is 68.8 cm³/mol.